The van der Waals surface area contributed by atoms with E-state index in [4.69, 9.17) is 0 Å². The van der Waals surface area contributed by atoms with Crippen molar-refractivity contribution in [1.82, 2.24) is 10.2 Å². The van der Waals surface area contributed by atoms with Crippen LogP contribution in [0.3, 0.4) is 0 Å². The minimum absolute atomic E-state index is 0.0564. The molecule has 4 nitrogen and oxygen atoms in total. The van der Waals surface area contributed by atoms with E-state index in [1.807, 2.05) is 62.4 Å². The first-order valence-electron chi connectivity index (χ1n) is 9.55. The molecule has 1 heterocycles. The summed E-state index contributed by atoms with van der Waals surface area (Å²) in [6.45, 7) is 9.08. The molecule has 1 aliphatic heterocycles. The summed E-state index contributed by atoms with van der Waals surface area (Å²) in [7, 11) is 0. The molecule has 1 aliphatic rings. The second-order valence-corrected chi connectivity index (χ2v) is 8.03. The Morgan fingerprint density at radius 2 is 1.81 bits per heavy atom. The SMILES string of the molecule is Cc1ccccc1CNC(=O)C1(C)Cc2ccccc2C(=O)N1CC(C)C. The van der Waals surface area contributed by atoms with Gasteiger partial charge < -0.3 is 10.2 Å². The smallest absolute Gasteiger partial charge is 0.255 e. The van der Waals surface area contributed by atoms with Crippen molar-refractivity contribution in [3.63, 3.8) is 0 Å². The fraction of sp³-hybridized carbons (Fsp3) is 0.391. The fourth-order valence-electron chi connectivity index (χ4n) is 3.75. The van der Waals surface area contributed by atoms with Gasteiger partial charge in [-0.1, -0.05) is 56.3 Å². The van der Waals surface area contributed by atoms with Crippen LogP contribution in [0.2, 0.25) is 0 Å². The van der Waals surface area contributed by atoms with Gasteiger partial charge in [0, 0.05) is 25.1 Å². The lowest BCUT2D eigenvalue weighted by atomic mass is 9.82. The van der Waals surface area contributed by atoms with E-state index in [2.05, 4.69) is 19.2 Å². The van der Waals surface area contributed by atoms with Crippen molar-refractivity contribution in [2.45, 2.75) is 46.2 Å². The lowest BCUT2D eigenvalue weighted by Gasteiger charge is -2.44. The van der Waals surface area contributed by atoms with Crippen LogP contribution in [-0.2, 0) is 17.8 Å². The van der Waals surface area contributed by atoms with Crippen molar-refractivity contribution < 1.29 is 9.59 Å². The van der Waals surface area contributed by atoms with Gasteiger partial charge in [0.05, 0.1) is 0 Å². The van der Waals surface area contributed by atoms with Crippen molar-refractivity contribution in [3.05, 3.63) is 70.8 Å². The summed E-state index contributed by atoms with van der Waals surface area (Å²) >= 11 is 0. The van der Waals surface area contributed by atoms with Crippen molar-refractivity contribution >= 4 is 11.8 Å². The number of nitrogens with one attached hydrogen (secondary N) is 1. The number of nitrogens with zero attached hydrogens (tertiary/aromatic N) is 1. The number of hydrogen-bond donors (Lipinski definition) is 1. The highest BCUT2D eigenvalue weighted by Crippen LogP contribution is 2.32. The molecule has 1 N–H and O–H groups in total. The molecule has 4 heteroatoms. The lowest BCUT2D eigenvalue weighted by Crippen LogP contribution is -2.63. The third-order valence-electron chi connectivity index (χ3n) is 5.36. The third-order valence-corrected chi connectivity index (χ3v) is 5.36. The zero-order chi connectivity index (χ0) is 19.6. The van der Waals surface area contributed by atoms with E-state index < -0.39 is 5.54 Å². The van der Waals surface area contributed by atoms with Crippen LogP contribution in [0, 0.1) is 12.8 Å². The van der Waals surface area contributed by atoms with Gasteiger partial charge in [-0.2, -0.15) is 0 Å². The molecule has 0 aromatic heterocycles. The molecule has 2 amide bonds. The first kappa shape index (κ1) is 19.2. The molecule has 0 fully saturated rings. The highest BCUT2D eigenvalue weighted by molar-refractivity contribution is 6.02. The van der Waals surface area contributed by atoms with Gasteiger partial charge in [-0.15, -0.1) is 0 Å². The fourth-order valence-corrected chi connectivity index (χ4v) is 3.75. The van der Waals surface area contributed by atoms with Crippen LogP contribution in [0.25, 0.3) is 0 Å². The zero-order valence-corrected chi connectivity index (χ0v) is 16.6. The Balaban J connectivity index is 1.88. The molecule has 3 rings (SSSR count). The van der Waals surface area contributed by atoms with E-state index in [1.54, 1.807) is 4.90 Å². The lowest BCUT2D eigenvalue weighted by molar-refractivity contribution is -0.132. The topological polar surface area (TPSA) is 49.4 Å². The first-order chi connectivity index (χ1) is 12.8. The van der Waals surface area contributed by atoms with Crippen molar-refractivity contribution in [3.8, 4) is 0 Å². The quantitative estimate of drug-likeness (QED) is 0.879. The van der Waals surface area contributed by atoms with Crippen LogP contribution in [0.1, 0.15) is 47.8 Å². The molecule has 142 valence electrons. The second kappa shape index (κ2) is 7.55. The molecule has 2 aromatic carbocycles. The van der Waals surface area contributed by atoms with Gasteiger partial charge in [0.15, 0.2) is 0 Å². The minimum Gasteiger partial charge on any atom is -0.350 e. The van der Waals surface area contributed by atoms with Gasteiger partial charge in [0.25, 0.3) is 5.91 Å². The minimum atomic E-state index is -0.890. The van der Waals surface area contributed by atoms with Crippen LogP contribution < -0.4 is 5.32 Å². The predicted octanol–water partition coefficient (Wildman–Crippen LogP) is 3.72. The summed E-state index contributed by atoms with van der Waals surface area (Å²) in [4.78, 5) is 28.2. The summed E-state index contributed by atoms with van der Waals surface area (Å²) in [6, 6.07) is 15.6. The van der Waals surface area contributed by atoms with Gasteiger partial charge in [-0.25, -0.2) is 0 Å². The maximum absolute atomic E-state index is 13.2. The average molecular weight is 364 g/mol. The number of amides is 2. The van der Waals surface area contributed by atoms with Gasteiger partial charge in [0.1, 0.15) is 5.54 Å². The number of benzene rings is 2. The largest absolute Gasteiger partial charge is 0.350 e. The van der Waals surface area contributed by atoms with Crippen LogP contribution in [-0.4, -0.2) is 28.8 Å². The molecule has 0 saturated heterocycles. The van der Waals surface area contributed by atoms with Gasteiger partial charge >= 0.3 is 0 Å². The highest BCUT2D eigenvalue weighted by Gasteiger charge is 2.46. The molecule has 0 radical (unpaired) electrons. The zero-order valence-electron chi connectivity index (χ0n) is 16.6. The monoisotopic (exact) mass is 364 g/mol. The Morgan fingerprint density at radius 3 is 2.52 bits per heavy atom. The number of rotatable bonds is 5. The average Bonchev–Trinajstić information content (AvgIpc) is 2.64. The molecule has 2 aromatic rings. The Labute approximate surface area is 161 Å². The third kappa shape index (κ3) is 3.75. The van der Waals surface area contributed by atoms with Crippen LogP contribution in [0.15, 0.2) is 48.5 Å². The number of carbonyl (C=O) groups excluding carboxylic acids is 2. The van der Waals surface area contributed by atoms with Crippen molar-refractivity contribution in [2.24, 2.45) is 5.92 Å². The number of aryl methyl sites for hydroxylation is 1. The van der Waals surface area contributed by atoms with Gasteiger partial charge in [-0.3, -0.25) is 9.59 Å². The molecule has 1 unspecified atom stereocenters. The first-order valence-corrected chi connectivity index (χ1v) is 9.55. The highest BCUT2D eigenvalue weighted by atomic mass is 16.2. The number of carbonyl (C=O) groups is 2. The van der Waals surface area contributed by atoms with E-state index in [-0.39, 0.29) is 17.7 Å². The van der Waals surface area contributed by atoms with E-state index >= 15 is 0 Å². The predicted molar refractivity (Wildman–Crippen MR) is 107 cm³/mol. The van der Waals surface area contributed by atoms with E-state index in [0.717, 1.165) is 16.7 Å². The summed E-state index contributed by atoms with van der Waals surface area (Å²) in [5, 5.41) is 3.07. The Hall–Kier alpha value is -2.62. The summed E-state index contributed by atoms with van der Waals surface area (Å²) in [5.41, 5.74) is 3.00. The molecular formula is C23H28N2O2. The maximum Gasteiger partial charge on any atom is 0.255 e. The molecule has 0 aliphatic carbocycles. The Kier molecular flexibility index (Phi) is 5.36. The normalized spacial score (nSPS) is 19.1. The second-order valence-electron chi connectivity index (χ2n) is 8.03. The van der Waals surface area contributed by atoms with Crippen LogP contribution >= 0.6 is 0 Å². The summed E-state index contributed by atoms with van der Waals surface area (Å²) in [6.07, 6.45) is 0.529. The molecule has 1 atom stereocenters. The van der Waals surface area contributed by atoms with E-state index in [0.29, 0.717) is 25.1 Å². The Bertz CT molecular complexity index is 859. The maximum atomic E-state index is 13.2. The molecule has 0 spiro atoms. The van der Waals surface area contributed by atoms with Crippen LogP contribution in [0.5, 0.6) is 0 Å². The van der Waals surface area contributed by atoms with Crippen molar-refractivity contribution in [1.29, 1.82) is 0 Å². The standard InChI is InChI=1S/C23H28N2O2/c1-16(2)15-25-21(26)20-12-8-7-10-18(20)13-23(25,4)22(27)24-14-19-11-6-5-9-17(19)3/h5-12,16H,13-15H2,1-4H3,(H,24,27). The summed E-state index contributed by atoms with van der Waals surface area (Å²) < 4.78 is 0. The van der Waals surface area contributed by atoms with Crippen molar-refractivity contribution in [2.75, 3.05) is 6.54 Å². The number of fused-ring (bicyclic) bond motifs is 1. The van der Waals surface area contributed by atoms with E-state index in [9.17, 15) is 9.59 Å². The van der Waals surface area contributed by atoms with Gasteiger partial charge in [-0.05, 0) is 42.5 Å². The molecule has 0 bridgehead atoms. The molecule has 0 saturated carbocycles. The van der Waals surface area contributed by atoms with E-state index in [1.165, 1.54) is 0 Å². The summed E-state index contributed by atoms with van der Waals surface area (Å²) in [5.74, 6) is 0.121. The number of hydrogen-bond acceptors (Lipinski definition) is 2. The molecule has 27 heavy (non-hydrogen) atoms. The van der Waals surface area contributed by atoms with Crippen LogP contribution in [0.4, 0.5) is 0 Å². The molecular weight excluding hydrogens is 336 g/mol. The Morgan fingerprint density at radius 1 is 1.15 bits per heavy atom. The van der Waals surface area contributed by atoms with Gasteiger partial charge in [0.2, 0.25) is 5.91 Å².